The first kappa shape index (κ1) is 21.5. The Kier molecular flexibility index (Phi) is 6.21. The SMILES string of the molecule is NC(=O)[C@@H](c1ccccc1)N(Cc1ccc(F)c(C(F)(F)F)c1)C(=O)c1cccs1. The number of alkyl halides is 3. The second-order valence-corrected chi connectivity index (χ2v) is 7.39. The minimum Gasteiger partial charge on any atom is -0.368 e. The van der Waals surface area contributed by atoms with Crippen molar-refractivity contribution in [2.45, 2.75) is 18.8 Å². The molecule has 0 fully saturated rings. The van der Waals surface area contributed by atoms with Gasteiger partial charge >= 0.3 is 6.18 Å². The lowest BCUT2D eigenvalue weighted by Gasteiger charge is -2.30. The predicted molar refractivity (Wildman–Crippen MR) is 104 cm³/mol. The number of nitrogens with two attached hydrogens (primary N) is 1. The summed E-state index contributed by atoms with van der Waals surface area (Å²) in [4.78, 5) is 26.8. The van der Waals surface area contributed by atoms with E-state index < -0.39 is 35.4 Å². The number of benzene rings is 2. The van der Waals surface area contributed by atoms with Crippen molar-refractivity contribution >= 4 is 23.2 Å². The molecule has 0 aliphatic heterocycles. The molecule has 0 unspecified atom stereocenters. The van der Waals surface area contributed by atoms with Gasteiger partial charge in [0.25, 0.3) is 5.91 Å². The van der Waals surface area contributed by atoms with Gasteiger partial charge in [0.2, 0.25) is 5.91 Å². The second-order valence-electron chi connectivity index (χ2n) is 6.44. The van der Waals surface area contributed by atoms with E-state index in [-0.39, 0.29) is 17.0 Å². The second kappa shape index (κ2) is 8.66. The Morgan fingerprint density at radius 1 is 1.03 bits per heavy atom. The first-order valence-corrected chi connectivity index (χ1v) is 9.61. The molecule has 0 bridgehead atoms. The largest absolute Gasteiger partial charge is 0.419 e. The van der Waals surface area contributed by atoms with Gasteiger partial charge in [-0.1, -0.05) is 42.5 Å². The first-order valence-electron chi connectivity index (χ1n) is 8.73. The van der Waals surface area contributed by atoms with Crippen LogP contribution in [0.5, 0.6) is 0 Å². The van der Waals surface area contributed by atoms with E-state index in [0.717, 1.165) is 22.3 Å². The van der Waals surface area contributed by atoms with E-state index in [0.29, 0.717) is 17.7 Å². The Morgan fingerprint density at radius 2 is 1.73 bits per heavy atom. The molecule has 3 aromatic rings. The Hall–Kier alpha value is -3.20. The van der Waals surface area contributed by atoms with Gasteiger partial charge in [-0.2, -0.15) is 13.2 Å². The number of carbonyl (C=O) groups is 2. The number of amides is 2. The minimum absolute atomic E-state index is 0.0100. The van der Waals surface area contributed by atoms with Crippen LogP contribution in [-0.4, -0.2) is 16.7 Å². The van der Waals surface area contributed by atoms with Gasteiger partial charge in [-0.15, -0.1) is 11.3 Å². The third-order valence-electron chi connectivity index (χ3n) is 4.38. The Bertz CT molecular complexity index is 1040. The number of thiophene rings is 1. The van der Waals surface area contributed by atoms with Crippen molar-refractivity contribution in [3.63, 3.8) is 0 Å². The number of carbonyl (C=O) groups excluding carboxylic acids is 2. The lowest BCUT2D eigenvalue weighted by atomic mass is 10.0. The predicted octanol–water partition coefficient (Wildman–Crippen LogP) is 4.78. The molecule has 4 nitrogen and oxygen atoms in total. The summed E-state index contributed by atoms with van der Waals surface area (Å²) in [5, 5.41) is 1.66. The fourth-order valence-electron chi connectivity index (χ4n) is 3.04. The highest BCUT2D eigenvalue weighted by molar-refractivity contribution is 7.12. The van der Waals surface area contributed by atoms with E-state index >= 15 is 0 Å². The molecule has 2 amide bonds. The summed E-state index contributed by atoms with van der Waals surface area (Å²) in [7, 11) is 0. The molecule has 0 aliphatic carbocycles. The van der Waals surface area contributed by atoms with Crippen molar-refractivity contribution in [1.82, 2.24) is 4.90 Å². The number of hydrogen-bond donors (Lipinski definition) is 1. The molecular formula is C21H16F4N2O2S. The van der Waals surface area contributed by atoms with Crippen LogP contribution in [-0.2, 0) is 17.5 Å². The van der Waals surface area contributed by atoms with Crippen molar-refractivity contribution in [2.24, 2.45) is 5.73 Å². The van der Waals surface area contributed by atoms with Gasteiger partial charge < -0.3 is 10.6 Å². The zero-order chi connectivity index (χ0) is 21.9. The molecule has 0 aliphatic rings. The standard InChI is InChI=1S/C21H16F4N2O2S/c22-16-9-8-13(11-15(16)21(23,24)25)12-27(20(29)17-7-4-10-30-17)18(19(26)28)14-5-2-1-3-6-14/h1-11,18H,12H2,(H2,26,28)/t18-/m1/s1. The lowest BCUT2D eigenvalue weighted by molar-refractivity contribution is -0.140. The molecule has 1 atom stereocenters. The van der Waals surface area contributed by atoms with Crippen molar-refractivity contribution in [1.29, 1.82) is 0 Å². The zero-order valence-corrected chi connectivity index (χ0v) is 16.2. The van der Waals surface area contributed by atoms with Gasteiger partial charge in [0.15, 0.2) is 0 Å². The number of primary amides is 1. The molecule has 30 heavy (non-hydrogen) atoms. The van der Waals surface area contributed by atoms with Gasteiger partial charge in [0.1, 0.15) is 11.9 Å². The fourth-order valence-corrected chi connectivity index (χ4v) is 3.72. The van der Waals surface area contributed by atoms with Crippen LogP contribution in [0.2, 0.25) is 0 Å². The summed E-state index contributed by atoms with van der Waals surface area (Å²) in [6.45, 7) is -0.372. The summed E-state index contributed by atoms with van der Waals surface area (Å²) in [6, 6.07) is 12.6. The molecule has 3 rings (SSSR count). The third-order valence-corrected chi connectivity index (χ3v) is 5.24. The quantitative estimate of drug-likeness (QED) is 0.566. The lowest BCUT2D eigenvalue weighted by Crippen LogP contribution is -2.41. The first-order chi connectivity index (χ1) is 14.2. The monoisotopic (exact) mass is 436 g/mol. The summed E-state index contributed by atoms with van der Waals surface area (Å²) < 4.78 is 53.0. The van der Waals surface area contributed by atoms with E-state index in [9.17, 15) is 27.2 Å². The Morgan fingerprint density at radius 3 is 2.30 bits per heavy atom. The molecule has 0 spiro atoms. The number of halogens is 4. The van der Waals surface area contributed by atoms with Gasteiger partial charge in [-0.05, 0) is 34.7 Å². The summed E-state index contributed by atoms with van der Waals surface area (Å²) in [6.07, 6.45) is -4.90. The number of hydrogen-bond acceptors (Lipinski definition) is 3. The molecular weight excluding hydrogens is 420 g/mol. The van der Waals surface area contributed by atoms with Gasteiger partial charge in [-0.25, -0.2) is 4.39 Å². The molecule has 1 heterocycles. The zero-order valence-electron chi connectivity index (χ0n) is 15.4. The average Bonchev–Trinajstić information content (AvgIpc) is 3.23. The van der Waals surface area contributed by atoms with Crippen molar-refractivity contribution < 1.29 is 27.2 Å². The van der Waals surface area contributed by atoms with Crippen LogP contribution >= 0.6 is 11.3 Å². The van der Waals surface area contributed by atoms with Crippen LogP contribution in [0.1, 0.15) is 32.4 Å². The molecule has 9 heteroatoms. The van der Waals surface area contributed by atoms with Crippen molar-refractivity contribution in [2.75, 3.05) is 0 Å². The molecule has 0 saturated carbocycles. The maximum absolute atomic E-state index is 13.7. The van der Waals surface area contributed by atoms with Crippen LogP contribution in [0.25, 0.3) is 0 Å². The van der Waals surface area contributed by atoms with Crippen LogP contribution in [0.4, 0.5) is 17.6 Å². The summed E-state index contributed by atoms with van der Waals surface area (Å²) in [5.74, 6) is -2.84. The molecule has 2 N–H and O–H groups in total. The maximum atomic E-state index is 13.7. The van der Waals surface area contributed by atoms with Crippen LogP contribution in [0.3, 0.4) is 0 Å². The van der Waals surface area contributed by atoms with E-state index in [1.165, 1.54) is 6.07 Å². The minimum atomic E-state index is -4.90. The summed E-state index contributed by atoms with van der Waals surface area (Å²) in [5.41, 5.74) is 4.54. The van der Waals surface area contributed by atoms with Gasteiger partial charge in [0.05, 0.1) is 10.4 Å². The normalized spacial score (nSPS) is 12.4. The van der Waals surface area contributed by atoms with Gasteiger partial charge in [0, 0.05) is 6.54 Å². The highest BCUT2D eigenvalue weighted by Gasteiger charge is 2.35. The number of nitrogens with zero attached hydrogens (tertiary/aromatic N) is 1. The topological polar surface area (TPSA) is 63.4 Å². The molecule has 1 aromatic heterocycles. The van der Waals surface area contributed by atoms with Crippen LogP contribution in [0.15, 0.2) is 66.0 Å². The highest BCUT2D eigenvalue weighted by atomic mass is 32.1. The van der Waals surface area contributed by atoms with E-state index in [2.05, 4.69) is 0 Å². The highest BCUT2D eigenvalue weighted by Crippen LogP contribution is 2.33. The average molecular weight is 436 g/mol. The van der Waals surface area contributed by atoms with Gasteiger partial charge in [-0.3, -0.25) is 9.59 Å². The van der Waals surface area contributed by atoms with E-state index in [1.54, 1.807) is 41.8 Å². The van der Waals surface area contributed by atoms with Crippen LogP contribution in [0, 0.1) is 5.82 Å². The fraction of sp³-hybridized carbons (Fsp3) is 0.143. The van der Waals surface area contributed by atoms with Crippen LogP contribution < -0.4 is 5.73 Å². The molecule has 0 saturated heterocycles. The Balaban J connectivity index is 2.06. The molecule has 0 radical (unpaired) electrons. The van der Waals surface area contributed by atoms with Crippen molar-refractivity contribution in [3.05, 3.63) is 93.4 Å². The third kappa shape index (κ3) is 4.68. The smallest absolute Gasteiger partial charge is 0.368 e. The maximum Gasteiger partial charge on any atom is 0.419 e. The van der Waals surface area contributed by atoms with E-state index in [1.807, 2.05) is 0 Å². The van der Waals surface area contributed by atoms with E-state index in [4.69, 9.17) is 5.73 Å². The Labute approximate surface area is 173 Å². The molecule has 2 aromatic carbocycles. The van der Waals surface area contributed by atoms with Crippen molar-refractivity contribution in [3.8, 4) is 0 Å². The molecule has 156 valence electrons. The number of rotatable bonds is 6. The summed E-state index contributed by atoms with van der Waals surface area (Å²) >= 11 is 1.12.